The molecule has 0 saturated heterocycles. The van der Waals surface area contributed by atoms with Crippen molar-refractivity contribution in [3.8, 4) is 11.1 Å². The average Bonchev–Trinajstić information content (AvgIpc) is 2.79. The predicted molar refractivity (Wildman–Crippen MR) is 120 cm³/mol. The summed E-state index contributed by atoms with van der Waals surface area (Å²) in [5, 5.41) is 9.87. The number of hydrogen-bond acceptors (Lipinski definition) is 4. The maximum Gasteiger partial charge on any atom is 0.314 e. The van der Waals surface area contributed by atoms with Crippen molar-refractivity contribution >= 4 is 5.97 Å². The van der Waals surface area contributed by atoms with E-state index in [2.05, 4.69) is 36.4 Å². The fraction of sp³-hybridized carbons (Fsp3) is 0.269. The second-order valence-electron chi connectivity index (χ2n) is 8.01. The van der Waals surface area contributed by atoms with Crippen LogP contribution in [0.2, 0.25) is 0 Å². The summed E-state index contributed by atoms with van der Waals surface area (Å²) in [5.41, 5.74) is 9.64. The molecule has 2 atom stereocenters. The molecule has 0 amide bonds. The van der Waals surface area contributed by atoms with Crippen LogP contribution in [0.5, 0.6) is 0 Å². The van der Waals surface area contributed by atoms with Crippen molar-refractivity contribution < 1.29 is 14.6 Å². The molecule has 0 aliphatic heterocycles. The Morgan fingerprint density at radius 2 is 1.47 bits per heavy atom. The molecule has 4 heteroatoms. The fourth-order valence-corrected chi connectivity index (χ4v) is 3.53. The number of carbonyl (C=O) groups is 1. The van der Waals surface area contributed by atoms with Crippen molar-refractivity contribution in [3.05, 3.63) is 96.1 Å². The summed E-state index contributed by atoms with van der Waals surface area (Å²) in [4.78, 5) is 12.6. The van der Waals surface area contributed by atoms with Crippen molar-refractivity contribution in [2.45, 2.75) is 32.4 Å². The topological polar surface area (TPSA) is 72.5 Å². The minimum absolute atomic E-state index is 0.186. The summed E-state index contributed by atoms with van der Waals surface area (Å²) >= 11 is 0. The molecule has 3 rings (SSSR count). The molecule has 0 bridgehead atoms. The highest BCUT2D eigenvalue weighted by Gasteiger charge is 2.36. The SMILES string of the molecule is C[C@](CO)(C[C@H](N)Cc1ccc(-c2ccccc2)cc1)C(=O)OCc1ccccc1. The van der Waals surface area contributed by atoms with E-state index >= 15 is 0 Å². The van der Waals surface area contributed by atoms with Crippen LogP contribution < -0.4 is 5.73 Å². The lowest BCUT2D eigenvalue weighted by molar-refractivity contribution is -0.159. The fourth-order valence-electron chi connectivity index (χ4n) is 3.53. The second kappa shape index (κ2) is 10.2. The first-order chi connectivity index (χ1) is 14.5. The van der Waals surface area contributed by atoms with Gasteiger partial charge in [-0.15, -0.1) is 0 Å². The van der Waals surface area contributed by atoms with Crippen molar-refractivity contribution in [1.29, 1.82) is 0 Å². The monoisotopic (exact) mass is 403 g/mol. The zero-order valence-electron chi connectivity index (χ0n) is 17.3. The van der Waals surface area contributed by atoms with Gasteiger partial charge in [-0.05, 0) is 42.0 Å². The van der Waals surface area contributed by atoms with E-state index in [4.69, 9.17) is 10.5 Å². The Balaban J connectivity index is 1.57. The highest BCUT2D eigenvalue weighted by Crippen LogP contribution is 2.26. The number of nitrogens with two attached hydrogens (primary N) is 1. The van der Waals surface area contributed by atoms with Gasteiger partial charge in [0.25, 0.3) is 0 Å². The van der Waals surface area contributed by atoms with Gasteiger partial charge in [0.2, 0.25) is 0 Å². The third kappa shape index (κ3) is 5.78. The number of aliphatic hydroxyl groups is 1. The Kier molecular flexibility index (Phi) is 7.39. The van der Waals surface area contributed by atoms with Gasteiger partial charge in [-0.3, -0.25) is 4.79 Å². The lowest BCUT2D eigenvalue weighted by atomic mass is 9.83. The predicted octanol–water partition coefficient (Wildman–Crippen LogP) is 4.36. The summed E-state index contributed by atoms with van der Waals surface area (Å²) < 4.78 is 5.45. The van der Waals surface area contributed by atoms with Crippen molar-refractivity contribution in [2.24, 2.45) is 11.1 Å². The van der Waals surface area contributed by atoms with Gasteiger partial charge in [-0.1, -0.05) is 84.9 Å². The largest absolute Gasteiger partial charge is 0.460 e. The number of rotatable bonds is 9. The zero-order chi connectivity index (χ0) is 21.4. The minimum atomic E-state index is -1.03. The maximum atomic E-state index is 12.6. The van der Waals surface area contributed by atoms with Gasteiger partial charge in [0.15, 0.2) is 0 Å². The Labute approximate surface area is 178 Å². The first-order valence-electron chi connectivity index (χ1n) is 10.2. The Morgan fingerprint density at radius 1 is 0.900 bits per heavy atom. The highest BCUT2D eigenvalue weighted by molar-refractivity contribution is 5.76. The quantitative estimate of drug-likeness (QED) is 0.521. The molecule has 0 saturated carbocycles. The van der Waals surface area contributed by atoms with E-state index in [-0.39, 0.29) is 19.3 Å². The van der Waals surface area contributed by atoms with Crippen LogP contribution in [0.3, 0.4) is 0 Å². The molecule has 0 spiro atoms. The van der Waals surface area contributed by atoms with E-state index in [1.54, 1.807) is 6.92 Å². The van der Waals surface area contributed by atoms with Gasteiger partial charge >= 0.3 is 5.97 Å². The molecule has 30 heavy (non-hydrogen) atoms. The highest BCUT2D eigenvalue weighted by atomic mass is 16.5. The normalized spacial score (nSPS) is 14.0. The molecule has 3 aromatic rings. The summed E-state index contributed by atoms with van der Waals surface area (Å²) in [6.07, 6.45) is 0.966. The minimum Gasteiger partial charge on any atom is -0.460 e. The van der Waals surface area contributed by atoms with Crippen LogP contribution in [0, 0.1) is 5.41 Å². The van der Waals surface area contributed by atoms with Gasteiger partial charge in [-0.25, -0.2) is 0 Å². The van der Waals surface area contributed by atoms with Crippen LogP contribution in [-0.4, -0.2) is 23.7 Å². The van der Waals surface area contributed by atoms with Gasteiger partial charge in [0.05, 0.1) is 12.0 Å². The zero-order valence-corrected chi connectivity index (χ0v) is 17.3. The number of esters is 1. The third-order valence-corrected chi connectivity index (χ3v) is 5.33. The van der Waals surface area contributed by atoms with Crippen LogP contribution in [-0.2, 0) is 22.6 Å². The summed E-state index contributed by atoms with van der Waals surface area (Å²) in [5.74, 6) is -0.427. The smallest absolute Gasteiger partial charge is 0.314 e. The molecule has 3 aromatic carbocycles. The lowest BCUT2D eigenvalue weighted by Gasteiger charge is -2.28. The van der Waals surface area contributed by atoms with Crippen LogP contribution in [0.4, 0.5) is 0 Å². The maximum absolute atomic E-state index is 12.6. The van der Waals surface area contributed by atoms with Crippen LogP contribution in [0.1, 0.15) is 24.5 Å². The van der Waals surface area contributed by atoms with Crippen molar-refractivity contribution in [1.82, 2.24) is 0 Å². The van der Waals surface area contributed by atoms with Crippen LogP contribution >= 0.6 is 0 Å². The molecule has 3 N–H and O–H groups in total. The van der Waals surface area contributed by atoms with Crippen LogP contribution in [0.25, 0.3) is 11.1 Å². The van der Waals surface area contributed by atoms with Gasteiger partial charge in [0, 0.05) is 6.04 Å². The van der Waals surface area contributed by atoms with E-state index in [1.165, 1.54) is 5.56 Å². The average molecular weight is 404 g/mol. The van der Waals surface area contributed by atoms with E-state index in [0.717, 1.165) is 16.7 Å². The molecule has 0 aromatic heterocycles. The third-order valence-electron chi connectivity index (χ3n) is 5.33. The molecule has 156 valence electrons. The molecule has 0 radical (unpaired) electrons. The Hall–Kier alpha value is -2.95. The van der Waals surface area contributed by atoms with E-state index in [9.17, 15) is 9.90 Å². The summed E-state index contributed by atoms with van der Waals surface area (Å²) in [7, 11) is 0. The number of aliphatic hydroxyl groups excluding tert-OH is 1. The Morgan fingerprint density at radius 3 is 2.07 bits per heavy atom. The Bertz CT molecular complexity index is 926. The molecular formula is C26H29NO3. The van der Waals surface area contributed by atoms with E-state index < -0.39 is 11.4 Å². The standard InChI is InChI=1S/C26H29NO3/c1-26(19-28,25(29)30-18-21-8-4-2-5-9-21)17-24(27)16-20-12-14-23(15-13-20)22-10-6-3-7-11-22/h2-15,24,28H,16-19,27H2,1H3/t24-,26-/m1/s1. The molecule has 0 fully saturated rings. The van der Waals surface area contributed by atoms with Crippen LogP contribution in [0.15, 0.2) is 84.9 Å². The number of hydrogen-bond donors (Lipinski definition) is 2. The first-order valence-corrected chi connectivity index (χ1v) is 10.2. The van der Waals surface area contributed by atoms with Crippen molar-refractivity contribution in [2.75, 3.05) is 6.61 Å². The van der Waals surface area contributed by atoms with Gasteiger partial charge in [0.1, 0.15) is 6.61 Å². The first kappa shape index (κ1) is 21.8. The van der Waals surface area contributed by atoms with Crippen molar-refractivity contribution in [3.63, 3.8) is 0 Å². The molecule has 0 unspecified atom stereocenters. The summed E-state index contributed by atoms with van der Waals surface area (Å²) in [6.45, 7) is 1.59. The molecule has 0 heterocycles. The molecule has 0 aliphatic carbocycles. The number of ether oxygens (including phenoxy) is 1. The second-order valence-corrected chi connectivity index (χ2v) is 8.01. The summed E-state index contributed by atoms with van der Waals surface area (Å²) in [6, 6.07) is 27.7. The molecular weight excluding hydrogens is 374 g/mol. The number of benzene rings is 3. The van der Waals surface area contributed by atoms with Gasteiger partial charge < -0.3 is 15.6 Å². The molecule has 0 aliphatic rings. The van der Waals surface area contributed by atoms with E-state index in [1.807, 2.05) is 48.5 Å². The molecule has 4 nitrogen and oxygen atoms in total. The number of carbonyl (C=O) groups excluding carboxylic acids is 1. The lowest BCUT2D eigenvalue weighted by Crippen LogP contribution is -2.40. The van der Waals surface area contributed by atoms with E-state index in [0.29, 0.717) is 12.8 Å². The van der Waals surface area contributed by atoms with Gasteiger partial charge in [-0.2, -0.15) is 0 Å².